The maximum absolute atomic E-state index is 14.8. The summed E-state index contributed by atoms with van der Waals surface area (Å²) < 4.78 is 14.8. The molecule has 0 nitrogen and oxygen atoms in total. The molecule has 1 atom stereocenters. The predicted octanol–water partition coefficient (Wildman–Crippen LogP) is 8.69. The zero-order chi connectivity index (χ0) is 22.1. The summed E-state index contributed by atoms with van der Waals surface area (Å²) in [6, 6.07) is 15.1. The zero-order valence-electron chi connectivity index (χ0n) is 20.2. The maximum atomic E-state index is 14.8. The fourth-order valence-electron chi connectivity index (χ4n) is 4.23. The van der Waals surface area contributed by atoms with Gasteiger partial charge in [-0.25, -0.2) is 4.39 Å². The summed E-state index contributed by atoms with van der Waals surface area (Å²) in [5.74, 6) is 1.32. The van der Waals surface area contributed by atoms with E-state index < -0.39 is 0 Å². The lowest BCUT2D eigenvalue weighted by Gasteiger charge is -2.26. The van der Waals surface area contributed by atoms with E-state index in [1.54, 1.807) is 6.07 Å². The third-order valence-corrected chi connectivity index (χ3v) is 6.46. The Balaban J connectivity index is 1.87. The Kier molecular flexibility index (Phi) is 9.59. The van der Waals surface area contributed by atoms with Crippen LogP contribution in [0, 0.1) is 17.7 Å². The highest BCUT2D eigenvalue weighted by molar-refractivity contribution is 5.30. The van der Waals surface area contributed by atoms with Gasteiger partial charge in [0.15, 0.2) is 0 Å². The lowest BCUT2D eigenvalue weighted by atomic mass is 9.79. The second kappa shape index (κ2) is 11.7. The summed E-state index contributed by atoms with van der Waals surface area (Å²) >= 11 is 0. The van der Waals surface area contributed by atoms with Crippen molar-refractivity contribution in [2.75, 3.05) is 0 Å². The van der Waals surface area contributed by atoms with Crippen molar-refractivity contribution < 1.29 is 4.39 Å². The topological polar surface area (TPSA) is 0 Å². The number of hydrogen-bond donors (Lipinski definition) is 0. The molecular formula is C29H43F. The average molecular weight is 411 g/mol. The first-order valence-corrected chi connectivity index (χ1v) is 12.1. The first kappa shape index (κ1) is 24.6. The van der Waals surface area contributed by atoms with Gasteiger partial charge in [0.2, 0.25) is 0 Å². The summed E-state index contributed by atoms with van der Waals surface area (Å²) in [5, 5.41) is 0. The van der Waals surface area contributed by atoms with Crippen LogP contribution in [0.5, 0.6) is 0 Å². The van der Waals surface area contributed by atoms with Gasteiger partial charge in [0.25, 0.3) is 0 Å². The van der Waals surface area contributed by atoms with Crippen LogP contribution < -0.4 is 0 Å². The van der Waals surface area contributed by atoms with Crippen LogP contribution in [-0.4, -0.2) is 0 Å². The van der Waals surface area contributed by atoms with E-state index >= 15 is 0 Å². The first-order chi connectivity index (χ1) is 14.2. The molecule has 0 unspecified atom stereocenters. The summed E-state index contributed by atoms with van der Waals surface area (Å²) in [6.07, 6.45) is 8.88. The molecule has 166 valence electrons. The van der Waals surface area contributed by atoms with E-state index in [-0.39, 0.29) is 11.2 Å². The van der Waals surface area contributed by atoms with Crippen molar-refractivity contribution in [3.05, 3.63) is 70.5 Å². The molecule has 0 aliphatic rings. The summed E-state index contributed by atoms with van der Waals surface area (Å²) in [4.78, 5) is 0. The van der Waals surface area contributed by atoms with Crippen molar-refractivity contribution in [1.82, 2.24) is 0 Å². The fraction of sp³-hybridized carbons (Fsp3) is 0.586. The Labute approximate surface area is 185 Å². The highest BCUT2D eigenvalue weighted by Crippen LogP contribution is 2.31. The van der Waals surface area contributed by atoms with Crippen molar-refractivity contribution >= 4 is 0 Å². The van der Waals surface area contributed by atoms with Crippen molar-refractivity contribution in [2.24, 2.45) is 11.8 Å². The molecule has 30 heavy (non-hydrogen) atoms. The van der Waals surface area contributed by atoms with E-state index in [0.29, 0.717) is 5.92 Å². The van der Waals surface area contributed by atoms with E-state index in [0.717, 1.165) is 55.6 Å². The Morgan fingerprint density at radius 1 is 0.833 bits per heavy atom. The molecule has 0 aliphatic carbocycles. The molecule has 0 radical (unpaired) electrons. The van der Waals surface area contributed by atoms with Gasteiger partial charge in [0.1, 0.15) is 5.82 Å². The van der Waals surface area contributed by atoms with Gasteiger partial charge in [-0.2, -0.15) is 0 Å². The maximum Gasteiger partial charge on any atom is 0.127 e. The summed E-state index contributed by atoms with van der Waals surface area (Å²) in [6.45, 7) is 13.4. The Morgan fingerprint density at radius 2 is 1.43 bits per heavy atom. The highest BCUT2D eigenvalue weighted by atomic mass is 19.1. The minimum absolute atomic E-state index is 0.0294. The molecule has 0 saturated carbocycles. The molecule has 2 aromatic rings. The van der Waals surface area contributed by atoms with Crippen LogP contribution in [0.15, 0.2) is 42.5 Å². The largest absolute Gasteiger partial charge is 0.207 e. The lowest BCUT2D eigenvalue weighted by Crippen LogP contribution is -2.19. The molecule has 0 aliphatic heterocycles. The minimum atomic E-state index is -0.0900. The lowest BCUT2D eigenvalue weighted by molar-refractivity contribution is 0.432. The first-order valence-electron chi connectivity index (χ1n) is 12.1. The summed E-state index contributed by atoms with van der Waals surface area (Å²) in [7, 11) is 0. The third-order valence-electron chi connectivity index (χ3n) is 6.46. The Morgan fingerprint density at radius 3 is 2.03 bits per heavy atom. The molecule has 2 rings (SSSR count). The average Bonchev–Trinajstić information content (AvgIpc) is 2.70. The minimum Gasteiger partial charge on any atom is -0.207 e. The molecule has 2 aromatic carbocycles. The van der Waals surface area contributed by atoms with E-state index in [1.165, 1.54) is 24.0 Å². The van der Waals surface area contributed by atoms with Crippen LogP contribution in [-0.2, 0) is 24.7 Å². The Bertz CT molecular complexity index is 754. The number of unbranched alkanes of at least 4 members (excludes halogenated alkanes) is 1. The molecule has 0 saturated heterocycles. The number of hydrogen-bond acceptors (Lipinski definition) is 0. The smallest absolute Gasteiger partial charge is 0.127 e. The van der Waals surface area contributed by atoms with Gasteiger partial charge in [-0.1, -0.05) is 90.8 Å². The van der Waals surface area contributed by atoms with Crippen LogP contribution in [0.25, 0.3) is 0 Å². The second-order valence-corrected chi connectivity index (χ2v) is 10.4. The number of rotatable bonds is 12. The van der Waals surface area contributed by atoms with Gasteiger partial charge in [0, 0.05) is 0 Å². The molecule has 0 fully saturated rings. The molecule has 0 heterocycles. The molecular weight excluding hydrogens is 367 g/mol. The van der Waals surface area contributed by atoms with Crippen molar-refractivity contribution in [2.45, 2.75) is 98.3 Å². The molecule has 0 spiro atoms. The highest BCUT2D eigenvalue weighted by Gasteiger charge is 2.23. The van der Waals surface area contributed by atoms with Crippen LogP contribution >= 0.6 is 0 Å². The Hall–Kier alpha value is -1.63. The van der Waals surface area contributed by atoms with Crippen LogP contribution in [0.1, 0.15) is 95.9 Å². The molecule has 0 bridgehead atoms. The predicted molar refractivity (Wildman–Crippen MR) is 130 cm³/mol. The van der Waals surface area contributed by atoms with Crippen molar-refractivity contribution in [3.8, 4) is 0 Å². The standard InChI is InChI=1S/C29H43F/c1-7-8-19-29(5,6)27-18-17-26(21-28(27)30)12-10-23(4)20-25-15-13-24(14-16-25)11-9-22(2)3/h13-18,21-23H,7-12,19-20H2,1-6H3/t23-/m0/s1. The molecule has 0 N–H and O–H groups in total. The van der Waals surface area contributed by atoms with Crippen LogP contribution in [0.2, 0.25) is 0 Å². The molecule has 1 heteroatoms. The summed E-state index contributed by atoms with van der Waals surface area (Å²) in [5.41, 5.74) is 4.75. The number of halogens is 1. The van der Waals surface area contributed by atoms with Gasteiger partial charge < -0.3 is 0 Å². The van der Waals surface area contributed by atoms with E-state index in [4.69, 9.17) is 0 Å². The third kappa shape index (κ3) is 7.89. The molecule has 0 aromatic heterocycles. The van der Waals surface area contributed by atoms with Gasteiger partial charge in [-0.05, 0) is 84.1 Å². The van der Waals surface area contributed by atoms with Gasteiger partial charge in [-0.3, -0.25) is 0 Å². The van der Waals surface area contributed by atoms with Crippen LogP contribution in [0.3, 0.4) is 0 Å². The SMILES string of the molecule is CCCCC(C)(C)c1ccc(CC[C@H](C)Cc2ccc(CCC(C)C)cc2)cc1F. The van der Waals surface area contributed by atoms with Crippen molar-refractivity contribution in [1.29, 1.82) is 0 Å². The number of aryl methyl sites for hydroxylation is 2. The van der Waals surface area contributed by atoms with Gasteiger partial charge >= 0.3 is 0 Å². The monoisotopic (exact) mass is 410 g/mol. The van der Waals surface area contributed by atoms with Gasteiger partial charge in [-0.15, -0.1) is 0 Å². The van der Waals surface area contributed by atoms with Crippen molar-refractivity contribution in [3.63, 3.8) is 0 Å². The quantitative estimate of drug-likeness (QED) is 0.328. The normalized spacial score (nSPS) is 13.1. The zero-order valence-corrected chi connectivity index (χ0v) is 20.2. The van der Waals surface area contributed by atoms with E-state index in [2.05, 4.69) is 71.9 Å². The molecule has 0 amide bonds. The number of benzene rings is 2. The van der Waals surface area contributed by atoms with E-state index in [9.17, 15) is 4.39 Å². The van der Waals surface area contributed by atoms with Gasteiger partial charge in [0.05, 0.1) is 0 Å². The van der Waals surface area contributed by atoms with E-state index in [1.807, 2.05) is 6.07 Å². The second-order valence-electron chi connectivity index (χ2n) is 10.4. The van der Waals surface area contributed by atoms with Crippen LogP contribution in [0.4, 0.5) is 4.39 Å². The fourth-order valence-corrected chi connectivity index (χ4v) is 4.23.